The Hall–Kier alpha value is -0.340. The zero-order chi connectivity index (χ0) is 11.3. The summed E-state index contributed by atoms with van der Waals surface area (Å²) < 4.78 is 0. The molecule has 0 amide bonds. The molecule has 0 aliphatic carbocycles. The summed E-state index contributed by atoms with van der Waals surface area (Å²) in [6, 6.07) is 5.64. The van der Waals surface area contributed by atoms with Crippen LogP contribution in [0.3, 0.4) is 0 Å². The average molecular weight is 225 g/mol. The maximum atomic E-state index is 3.64. The Kier molecular flexibility index (Phi) is 5.34. The second kappa shape index (κ2) is 6.29. The molecule has 2 atom stereocenters. The lowest BCUT2D eigenvalue weighted by molar-refractivity contribution is 0.456. The standard InChI is InChI=1S/C13H23NS/c1-5-7-10(3)14-11(4)13-9-8-12(6-2)15-13/h8-11,14H,5-7H2,1-4H3. The molecule has 15 heavy (non-hydrogen) atoms. The molecule has 0 aliphatic rings. The van der Waals surface area contributed by atoms with Crippen LogP contribution in [-0.2, 0) is 6.42 Å². The van der Waals surface area contributed by atoms with Gasteiger partial charge in [-0.25, -0.2) is 0 Å². The summed E-state index contributed by atoms with van der Waals surface area (Å²) in [5.74, 6) is 0. The van der Waals surface area contributed by atoms with Crippen LogP contribution in [0.4, 0.5) is 0 Å². The Morgan fingerprint density at radius 3 is 2.53 bits per heavy atom. The van der Waals surface area contributed by atoms with E-state index >= 15 is 0 Å². The van der Waals surface area contributed by atoms with Gasteiger partial charge in [0, 0.05) is 21.8 Å². The van der Waals surface area contributed by atoms with Crippen LogP contribution in [-0.4, -0.2) is 6.04 Å². The summed E-state index contributed by atoms with van der Waals surface area (Å²) >= 11 is 1.94. The highest BCUT2D eigenvalue weighted by molar-refractivity contribution is 7.12. The third-order valence-electron chi connectivity index (χ3n) is 2.71. The molecule has 2 unspecified atom stereocenters. The molecule has 2 heteroatoms. The highest BCUT2D eigenvalue weighted by Gasteiger charge is 2.10. The van der Waals surface area contributed by atoms with Gasteiger partial charge in [-0.3, -0.25) is 0 Å². The van der Waals surface area contributed by atoms with E-state index in [1.165, 1.54) is 22.6 Å². The number of aryl methyl sites for hydroxylation is 1. The topological polar surface area (TPSA) is 12.0 Å². The monoisotopic (exact) mass is 225 g/mol. The van der Waals surface area contributed by atoms with Crippen molar-refractivity contribution in [1.29, 1.82) is 0 Å². The van der Waals surface area contributed by atoms with Gasteiger partial charge < -0.3 is 5.32 Å². The Morgan fingerprint density at radius 1 is 1.27 bits per heavy atom. The van der Waals surface area contributed by atoms with Crippen molar-refractivity contribution < 1.29 is 0 Å². The normalized spacial score (nSPS) is 15.2. The predicted molar refractivity (Wildman–Crippen MR) is 69.6 cm³/mol. The van der Waals surface area contributed by atoms with Gasteiger partial charge in [0.1, 0.15) is 0 Å². The minimum atomic E-state index is 0.497. The summed E-state index contributed by atoms with van der Waals surface area (Å²) in [5, 5.41) is 3.64. The van der Waals surface area contributed by atoms with Gasteiger partial charge in [0.05, 0.1) is 0 Å². The maximum absolute atomic E-state index is 3.64. The number of hydrogen-bond donors (Lipinski definition) is 1. The van der Waals surface area contributed by atoms with Gasteiger partial charge in [-0.15, -0.1) is 11.3 Å². The van der Waals surface area contributed by atoms with Gasteiger partial charge in [-0.2, -0.15) is 0 Å². The molecule has 0 bridgehead atoms. The van der Waals surface area contributed by atoms with E-state index in [1.807, 2.05) is 11.3 Å². The van der Waals surface area contributed by atoms with Gasteiger partial charge in [0.2, 0.25) is 0 Å². The smallest absolute Gasteiger partial charge is 0.0388 e. The fraction of sp³-hybridized carbons (Fsp3) is 0.692. The Labute approximate surface area is 97.9 Å². The van der Waals surface area contributed by atoms with E-state index in [9.17, 15) is 0 Å². The molecule has 0 fully saturated rings. The van der Waals surface area contributed by atoms with E-state index in [1.54, 1.807) is 0 Å². The highest BCUT2D eigenvalue weighted by atomic mass is 32.1. The number of nitrogens with one attached hydrogen (secondary N) is 1. The average Bonchev–Trinajstić information content (AvgIpc) is 2.66. The van der Waals surface area contributed by atoms with Gasteiger partial charge >= 0.3 is 0 Å². The first-order valence-electron chi connectivity index (χ1n) is 6.02. The minimum absolute atomic E-state index is 0.497. The van der Waals surface area contributed by atoms with Crippen molar-refractivity contribution in [2.45, 2.75) is 59.0 Å². The van der Waals surface area contributed by atoms with Crippen LogP contribution in [0.25, 0.3) is 0 Å². The van der Waals surface area contributed by atoms with Gasteiger partial charge in [0.15, 0.2) is 0 Å². The summed E-state index contributed by atoms with van der Waals surface area (Å²) in [6.45, 7) is 8.99. The van der Waals surface area contributed by atoms with Crippen molar-refractivity contribution in [2.75, 3.05) is 0 Å². The van der Waals surface area contributed by atoms with Crippen molar-refractivity contribution in [3.8, 4) is 0 Å². The highest BCUT2D eigenvalue weighted by Crippen LogP contribution is 2.24. The van der Waals surface area contributed by atoms with Crippen molar-refractivity contribution in [1.82, 2.24) is 5.32 Å². The molecular weight excluding hydrogens is 202 g/mol. The molecule has 0 spiro atoms. The van der Waals surface area contributed by atoms with Crippen LogP contribution >= 0.6 is 11.3 Å². The van der Waals surface area contributed by atoms with Crippen LogP contribution in [0, 0.1) is 0 Å². The van der Waals surface area contributed by atoms with Crippen LogP contribution in [0.5, 0.6) is 0 Å². The molecule has 0 saturated carbocycles. The lowest BCUT2D eigenvalue weighted by Crippen LogP contribution is -2.28. The molecular formula is C13H23NS. The molecule has 1 nitrogen and oxygen atoms in total. The van der Waals surface area contributed by atoms with E-state index in [0.29, 0.717) is 12.1 Å². The number of rotatable bonds is 6. The lowest BCUT2D eigenvalue weighted by atomic mass is 10.1. The van der Waals surface area contributed by atoms with E-state index < -0.39 is 0 Å². The quantitative estimate of drug-likeness (QED) is 0.767. The summed E-state index contributed by atoms with van der Waals surface area (Å²) in [4.78, 5) is 2.96. The van der Waals surface area contributed by atoms with Gasteiger partial charge in [0.25, 0.3) is 0 Å². The van der Waals surface area contributed by atoms with E-state index in [-0.39, 0.29) is 0 Å². The molecule has 1 aromatic rings. The number of thiophene rings is 1. The summed E-state index contributed by atoms with van der Waals surface area (Å²) in [5.41, 5.74) is 0. The van der Waals surface area contributed by atoms with Crippen molar-refractivity contribution in [2.24, 2.45) is 0 Å². The molecule has 0 saturated heterocycles. The maximum Gasteiger partial charge on any atom is 0.0388 e. The van der Waals surface area contributed by atoms with Crippen LogP contribution < -0.4 is 5.32 Å². The second-order valence-electron chi connectivity index (χ2n) is 4.24. The molecule has 0 radical (unpaired) electrons. The first-order valence-corrected chi connectivity index (χ1v) is 6.83. The van der Waals surface area contributed by atoms with E-state index in [0.717, 1.165) is 6.42 Å². The first kappa shape index (κ1) is 12.7. The Bertz CT molecular complexity index is 280. The third-order valence-corrected chi connectivity index (χ3v) is 4.13. The lowest BCUT2D eigenvalue weighted by Gasteiger charge is -2.18. The largest absolute Gasteiger partial charge is 0.307 e. The summed E-state index contributed by atoms with van der Waals surface area (Å²) in [6.07, 6.45) is 3.67. The first-order chi connectivity index (χ1) is 7.17. The molecule has 0 aromatic carbocycles. The van der Waals surface area contributed by atoms with E-state index in [2.05, 4.69) is 45.1 Å². The molecule has 86 valence electrons. The van der Waals surface area contributed by atoms with Crippen molar-refractivity contribution in [3.05, 3.63) is 21.9 Å². The zero-order valence-electron chi connectivity index (χ0n) is 10.3. The van der Waals surface area contributed by atoms with E-state index in [4.69, 9.17) is 0 Å². The molecule has 1 rings (SSSR count). The van der Waals surface area contributed by atoms with Crippen molar-refractivity contribution in [3.63, 3.8) is 0 Å². The molecule has 1 aromatic heterocycles. The predicted octanol–water partition coefficient (Wildman–Crippen LogP) is 4.15. The molecule has 1 N–H and O–H groups in total. The summed E-state index contributed by atoms with van der Waals surface area (Å²) in [7, 11) is 0. The van der Waals surface area contributed by atoms with Crippen LogP contribution in [0.2, 0.25) is 0 Å². The third kappa shape index (κ3) is 3.96. The molecule has 1 heterocycles. The Balaban J connectivity index is 2.49. The SMILES string of the molecule is CCCC(C)NC(C)c1ccc(CC)s1. The van der Waals surface area contributed by atoms with Crippen LogP contribution in [0.1, 0.15) is 56.3 Å². The fourth-order valence-electron chi connectivity index (χ4n) is 1.84. The van der Waals surface area contributed by atoms with Crippen LogP contribution in [0.15, 0.2) is 12.1 Å². The van der Waals surface area contributed by atoms with Gasteiger partial charge in [-0.05, 0) is 38.8 Å². The number of hydrogen-bond acceptors (Lipinski definition) is 2. The second-order valence-corrected chi connectivity index (χ2v) is 5.44. The molecule has 0 aliphatic heterocycles. The minimum Gasteiger partial charge on any atom is -0.307 e. The van der Waals surface area contributed by atoms with Gasteiger partial charge in [-0.1, -0.05) is 20.3 Å². The zero-order valence-corrected chi connectivity index (χ0v) is 11.2. The van der Waals surface area contributed by atoms with Crippen molar-refractivity contribution >= 4 is 11.3 Å². The fourth-order valence-corrected chi connectivity index (χ4v) is 2.81. The Morgan fingerprint density at radius 2 is 2.00 bits per heavy atom.